The van der Waals surface area contributed by atoms with Crippen LogP contribution in [0, 0.1) is 12.8 Å². The summed E-state index contributed by atoms with van der Waals surface area (Å²) in [6.07, 6.45) is 6.91. The normalized spacial score (nSPS) is 27.1. The van der Waals surface area contributed by atoms with Crippen LogP contribution in [0.25, 0.3) is 10.4 Å². The summed E-state index contributed by atoms with van der Waals surface area (Å²) >= 11 is 1.58. The third-order valence-electron chi connectivity index (χ3n) is 6.76. The largest absolute Gasteiger partial charge is 0.478 e. The Bertz CT molecular complexity index is 1260. The highest BCUT2D eigenvalue weighted by Crippen LogP contribution is 2.50. The van der Waals surface area contributed by atoms with Gasteiger partial charge >= 0.3 is 5.97 Å². The van der Waals surface area contributed by atoms with Gasteiger partial charge in [-0.15, -0.1) is 11.3 Å². The van der Waals surface area contributed by atoms with E-state index in [9.17, 15) is 9.18 Å². The third kappa shape index (κ3) is 5.49. The first-order valence-corrected chi connectivity index (χ1v) is 12.8. The summed E-state index contributed by atoms with van der Waals surface area (Å²) in [6, 6.07) is 4.99. The van der Waals surface area contributed by atoms with Crippen LogP contribution in [0.3, 0.4) is 0 Å². The Hall–Kier alpha value is -2.71. The summed E-state index contributed by atoms with van der Waals surface area (Å²) in [4.78, 5) is 18.1. The second-order valence-electron chi connectivity index (χ2n) is 10.5. The van der Waals surface area contributed by atoms with Crippen molar-refractivity contribution >= 4 is 17.3 Å². The zero-order valence-electron chi connectivity index (χ0n) is 21.1. The van der Waals surface area contributed by atoms with Gasteiger partial charge in [0.25, 0.3) is 0 Å². The van der Waals surface area contributed by atoms with E-state index in [2.05, 4.69) is 11.1 Å². The van der Waals surface area contributed by atoms with E-state index in [0.29, 0.717) is 6.42 Å². The Kier molecular flexibility index (Phi) is 7.05. The number of nitrogens with zero attached hydrogens (tertiary/aromatic N) is 2. The van der Waals surface area contributed by atoms with Crippen molar-refractivity contribution < 1.29 is 23.1 Å². The maximum atomic E-state index is 16.3. The van der Waals surface area contributed by atoms with E-state index in [0.717, 1.165) is 32.7 Å². The summed E-state index contributed by atoms with van der Waals surface area (Å²) in [5.74, 6) is -3.12. The lowest BCUT2D eigenvalue weighted by molar-refractivity contribution is -0.131. The van der Waals surface area contributed by atoms with E-state index in [-0.39, 0.29) is 18.2 Å². The van der Waals surface area contributed by atoms with Gasteiger partial charge in [-0.3, -0.25) is 4.90 Å². The van der Waals surface area contributed by atoms with E-state index >= 15 is 8.78 Å². The summed E-state index contributed by atoms with van der Waals surface area (Å²) < 4.78 is 47.0. The molecule has 1 aliphatic carbocycles. The number of carboxylic acid groups (broad SMARTS) is 1. The number of benzene rings is 1. The Labute approximate surface area is 213 Å². The van der Waals surface area contributed by atoms with Crippen molar-refractivity contribution in [2.75, 3.05) is 6.54 Å². The summed E-state index contributed by atoms with van der Waals surface area (Å²) in [6.45, 7) is 8.15. The van der Waals surface area contributed by atoms with Crippen LogP contribution >= 0.6 is 11.3 Å². The van der Waals surface area contributed by atoms with E-state index in [1.807, 2.05) is 37.1 Å². The monoisotopic (exact) mass is 516 g/mol. The number of rotatable bonds is 6. The van der Waals surface area contributed by atoms with Crippen LogP contribution in [0.15, 0.2) is 60.1 Å². The first kappa shape index (κ1) is 26.4. The zero-order valence-corrected chi connectivity index (χ0v) is 21.9. The fourth-order valence-corrected chi connectivity index (χ4v) is 6.14. The Balaban J connectivity index is 1.82. The van der Waals surface area contributed by atoms with Crippen LogP contribution in [0.4, 0.5) is 13.2 Å². The summed E-state index contributed by atoms with van der Waals surface area (Å²) in [5.41, 5.74) is -0.813. The molecule has 0 spiro atoms. The van der Waals surface area contributed by atoms with Crippen LogP contribution in [0.1, 0.15) is 49.9 Å². The van der Waals surface area contributed by atoms with Gasteiger partial charge in [0.2, 0.25) is 0 Å². The molecule has 0 saturated carbocycles. The second-order valence-corrected chi connectivity index (χ2v) is 11.8. The van der Waals surface area contributed by atoms with E-state index in [1.54, 1.807) is 11.3 Å². The highest BCUT2D eigenvalue weighted by atomic mass is 32.1. The number of thiazole rings is 1. The number of aryl methyl sites for hydroxylation is 1. The molecule has 4 rings (SSSR count). The molecule has 1 aromatic heterocycles. The quantitative estimate of drug-likeness (QED) is 0.423. The molecule has 1 aliphatic heterocycles. The highest BCUT2D eigenvalue weighted by Gasteiger charge is 2.49. The molecule has 36 heavy (non-hydrogen) atoms. The molecule has 4 atom stereocenters. The van der Waals surface area contributed by atoms with E-state index < -0.39 is 35.1 Å². The van der Waals surface area contributed by atoms with E-state index in [4.69, 9.17) is 5.11 Å². The maximum absolute atomic E-state index is 16.3. The molecular weight excluding hydrogens is 485 g/mol. The lowest BCUT2D eigenvalue weighted by atomic mass is 9.72. The molecule has 1 aromatic carbocycles. The number of aliphatic carboxylic acids is 1. The second kappa shape index (κ2) is 9.63. The molecule has 192 valence electrons. The van der Waals surface area contributed by atoms with Gasteiger partial charge in [0.1, 0.15) is 17.2 Å². The third-order valence-corrected chi connectivity index (χ3v) is 7.72. The maximum Gasteiger partial charge on any atom is 0.328 e. The van der Waals surface area contributed by atoms with Gasteiger partial charge in [0.05, 0.1) is 15.8 Å². The minimum atomic E-state index is -2.14. The van der Waals surface area contributed by atoms with Crippen molar-refractivity contribution in [1.82, 2.24) is 9.88 Å². The first-order valence-electron chi connectivity index (χ1n) is 12.0. The number of carboxylic acids is 1. The van der Waals surface area contributed by atoms with Crippen molar-refractivity contribution in [2.24, 2.45) is 5.92 Å². The summed E-state index contributed by atoms with van der Waals surface area (Å²) in [7, 11) is 0. The number of hydrogen-bond donors (Lipinski definition) is 1. The van der Waals surface area contributed by atoms with Crippen LogP contribution in [-0.2, 0) is 11.2 Å². The Morgan fingerprint density at radius 1 is 1.39 bits per heavy atom. The van der Waals surface area contributed by atoms with Crippen molar-refractivity contribution in [2.45, 2.75) is 64.5 Å². The minimum absolute atomic E-state index is 0.0173. The number of alkyl halides is 2. The lowest BCUT2D eigenvalue weighted by Crippen LogP contribution is -2.53. The number of carbonyl (C=O) groups is 1. The fourth-order valence-electron chi connectivity index (χ4n) is 5.37. The average molecular weight is 517 g/mol. The van der Waals surface area contributed by atoms with Gasteiger partial charge in [-0.1, -0.05) is 12.1 Å². The topological polar surface area (TPSA) is 53.4 Å². The SMILES string of the molecule is Cc1ncc(-c2ccc3c(c2)CC(C)N(CC(C)(C)F)[C@H]3C2C(F)=CC(/C=C/C(=O)O)=CC2(C)F)s1. The molecule has 0 saturated heterocycles. The van der Waals surface area contributed by atoms with Gasteiger partial charge in [-0.25, -0.2) is 22.9 Å². The predicted molar refractivity (Wildman–Crippen MR) is 137 cm³/mol. The van der Waals surface area contributed by atoms with Gasteiger partial charge < -0.3 is 5.11 Å². The molecule has 0 bridgehead atoms. The van der Waals surface area contributed by atoms with Crippen LogP contribution in [0.5, 0.6) is 0 Å². The van der Waals surface area contributed by atoms with Gasteiger partial charge in [0, 0.05) is 30.9 Å². The number of aromatic nitrogens is 1. The van der Waals surface area contributed by atoms with Crippen molar-refractivity contribution in [3.05, 3.63) is 76.2 Å². The average Bonchev–Trinajstić information content (AvgIpc) is 3.18. The fraction of sp³-hybridized carbons (Fsp3) is 0.429. The van der Waals surface area contributed by atoms with Crippen molar-refractivity contribution in [3.63, 3.8) is 0 Å². The number of allylic oxidation sites excluding steroid dienone is 4. The molecule has 0 fully saturated rings. The highest BCUT2D eigenvalue weighted by molar-refractivity contribution is 7.15. The molecule has 3 unspecified atom stereocenters. The van der Waals surface area contributed by atoms with Gasteiger partial charge in [-0.2, -0.15) is 0 Å². The molecular formula is C28H31F3N2O2S. The number of fused-ring (bicyclic) bond motifs is 1. The molecule has 0 amide bonds. The molecule has 8 heteroatoms. The lowest BCUT2D eigenvalue weighted by Gasteiger charge is -2.49. The smallest absolute Gasteiger partial charge is 0.328 e. The van der Waals surface area contributed by atoms with Crippen molar-refractivity contribution in [3.8, 4) is 10.4 Å². The van der Waals surface area contributed by atoms with E-state index in [1.165, 1.54) is 39.0 Å². The van der Waals surface area contributed by atoms with Crippen LogP contribution < -0.4 is 0 Å². The zero-order chi connectivity index (χ0) is 26.4. The molecule has 1 N–H and O–H groups in total. The van der Waals surface area contributed by atoms with Gasteiger partial charge in [-0.05, 0) is 87.6 Å². The standard InChI is InChI=1S/C28H31F3N2O2S/c1-16-10-20-12-19(23-14-32-17(2)36-23)7-8-21(20)26(33(16)15-27(3,4)30)25-22(29)11-18(6-9-24(34)35)13-28(25,5)31/h6-9,11-14,16,25-26H,10,15H2,1-5H3,(H,34,35)/b9-6+/t16?,25?,26-,28?/m1/s1. The Morgan fingerprint density at radius 2 is 2.11 bits per heavy atom. The van der Waals surface area contributed by atoms with Crippen molar-refractivity contribution in [1.29, 1.82) is 0 Å². The molecule has 2 heterocycles. The Morgan fingerprint density at radius 3 is 2.69 bits per heavy atom. The first-order chi connectivity index (χ1) is 16.7. The molecule has 2 aromatic rings. The van der Waals surface area contributed by atoms with Crippen LogP contribution in [0.2, 0.25) is 0 Å². The van der Waals surface area contributed by atoms with Gasteiger partial charge in [0.15, 0.2) is 0 Å². The minimum Gasteiger partial charge on any atom is -0.478 e. The number of hydrogen-bond acceptors (Lipinski definition) is 4. The van der Waals surface area contributed by atoms with Crippen LogP contribution in [-0.4, -0.2) is 44.9 Å². The predicted octanol–water partition coefficient (Wildman–Crippen LogP) is 6.93. The summed E-state index contributed by atoms with van der Waals surface area (Å²) in [5, 5.41) is 9.87. The molecule has 0 radical (unpaired) electrons. The molecule has 2 aliphatic rings. The number of halogens is 3. The molecule has 4 nitrogen and oxygen atoms in total.